The number of carbonyl (C=O) groups excluding carboxylic acids is 3. The standard InChI is InChI=1S/C21H40N4O7/c1-8-15(16(26)17(27)22-9-10-24-11-13-30-14-12-24)25(19(29)32-21(5,6)7)23-18(28)31-20(2,3)4/h15-16,26H,8-14H2,1-7H3,(H,22,27)(H,23,28)/t15-,16?/m1/s1. The summed E-state index contributed by atoms with van der Waals surface area (Å²) < 4.78 is 15.9. The topological polar surface area (TPSA) is 130 Å². The lowest BCUT2D eigenvalue weighted by Crippen LogP contribution is -2.60. The number of hydrogen-bond donors (Lipinski definition) is 3. The van der Waals surface area contributed by atoms with Gasteiger partial charge < -0.3 is 24.6 Å². The lowest BCUT2D eigenvalue weighted by Gasteiger charge is -2.35. The van der Waals surface area contributed by atoms with Crippen molar-refractivity contribution in [3.05, 3.63) is 0 Å². The molecule has 3 amide bonds. The zero-order valence-corrected chi connectivity index (χ0v) is 20.4. The first-order chi connectivity index (χ1) is 14.7. The molecule has 1 heterocycles. The van der Waals surface area contributed by atoms with Crippen LogP contribution in [0.3, 0.4) is 0 Å². The number of aliphatic hydroxyl groups excluding tert-OH is 1. The van der Waals surface area contributed by atoms with E-state index in [-0.39, 0.29) is 6.42 Å². The Hall–Kier alpha value is -2.11. The molecule has 1 unspecified atom stereocenters. The molecule has 11 heteroatoms. The Morgan fingerprint density at radius 1 is 1.06 bits per heavy atom. The third kappa shape index (κ3) is 10.5. The molecular weight excluding hydrogens is 420 g/mol. The number of ether oxygens (including phenoxy) is 3. The van der Waals surface area contributed by atoms with Crippen LogP contribution in [0.4, 0.5) is 9.59 Å². The molecule has 0 aromatic carbocycles. The van der Waals surface area contributed by atoms with E-state index < -0.39 is 41.4 Å². The molecule has 2 atom stereocenters. The first kappa shape index (κ1) is 27.9. The third-order valence-corrected chi connectivity index (χ3v) is 4.41. The van der Waals surface area contributed by atoms with Crippen LogP contribution in [0.25, 0.3) is 0 Å². The SMILES string of the molecule is CC[C@H](C(O)C(=O)NCCN1CCOCC1)N(NC(=O)OC(C)(C)C)C(=O)OC(C)(C)C. The Balaban J connectivity index is 2.85. The van der Waals surface area contributed by atoms with Gasteiger partial charge in [0.25, 0.3) is 5.91 Å². The van der Waals surface area contributed by atoms with E-state index in [0.29, 0.717) is 26.3 Å². The van der Waals surface area contributed by atoms with Gasteiger partial charge in [0.1, 0.15) is 11.2 Å². The lowest BCUT2D eigenvalue weighted by molar-refractivity contribution is -0.133. The maximum Gasteiger partial charge on any atom is 0.429 e. The minimum absolute atomic E-state index is 0.174. The van der Waals surface area contributed by atoms with Crippen LogP contribution in [0.1, 0.15) is 54.9 Å². The summed E-state index contributed by atoms with van der Waals surface area (Å²) in [4.78, 5) is 39.8. The molecule has 1 fully saturated rings. The van der Waals surface area contributed by atoms with Crippen LogP contribution in [-0.2, 0) is 19.0 Å². The number of hydrogen-bond acceptors (Lipinski definition) is 8. The second-order valence-corrected chi connectivity index (χ2v) is 9.63. The number of morpholine rings is 1. The summed E-state index contributed by atoms with van der Waals surface area (Å²) in [5.74, 6) is -0.648. The molecule has 0 aliphatic carbocycles. The molecular formula is C21H40N4O7. The van der Waals surface area contributed by atoms with Crippen LogP contribution in [-0.4, -0.2) is 95.8 Å². The van der Waals surface area contributed by atoms with Crippen molar-refractivity contribution in [2.45, 2.75) is 78.2 Å². The van der Waals surface area contributed by atoms with Crippen LogP contribution in [0.15, 0.2) is 0 Å². The molecule has 0 aromatic heterocycles. The second-order valence-electron chi connectivity index (χ2n) is 9.63. The Labute approximate surface area is 190 Å². The van der Waals surface area contributed by atoms with Gasteiger partial charge in [-0.1, -0.05) is 6.92 Å². The van der Waals surface area contributed by atoms with Crippen molar-refractivity contribution < 1.29 is 33.7 Å². The molecule has 0 radical (unpaired) electrons. The van der Waals surface area contributed by atoms with Gasteiger partial charge in [-0.25, -0.2) is 20.0 Å². The zero-order valence-electron chi connectivity index (χ0n) is 20.4. The highest BCUT2D eigenvalue weighted by molar-refractivity contribution is 5.82. The van der Waals surface area contributed by atoms with Crippen LogP contribution in [0.5, 0.6) is 0 Å². The van der Waals surface area contributed by atoms with Crippen LogP contribution >= 0.6 is 0 Å². The molecule has 11 nitrogen and oxygen atoms in total. The maximum absolute atomic E-state index is 12.8. The van der Waals surface area contributed by atoms with E-state index in [4.69, 9.17) is 14.2 Å². The number of rotatable bonds is 7. The van der Waals surface area contributed by atoms with Gasteiger partial charge in [0.2, 0.25) is 0 Å². The van der Waals surface area contributed by atoms with Gasteiger partial charge in [-0.2, -0.15) is 0 Å². The number of nitrogens with one attached hydrogen (secondary N) is 2. The van der Waals surface area contributed by atoms with Gasteiger partial charge in [-0.05, 0) is 48.0 Å². The normalized spacial score (nSPS) is 17.1. The molecule has 1 rings (SSSR count). The van der Waals surface area contributed by atoms with Gasteiger partial charge in [0.05, 0.1) is 19.3 Å². The van der Waals surface area contributed by atoms with E-state index in [9.17, 15) is 19.5 Å². The lowest BCUT2D eigenvalue weighted by atomic mass is 10.1. The molecule has 3 N–H and O–H groups in total. The number of amides is 3. The highest BCUT2D eigenvalue weighted by atomic mass is 16.6. The fourth-order valence-electron chi connectivity index (χ4n) is 2.96. The summed E-state index contributed by atoms with van der Waals surface area (Å²) in [6.45, 7) is 15.5. The number of nitrogens with zero attached hydrogens (tertiary/aromatic N) is 2. The largest absolute Gasteiger partial charge is 0.443 e. The first-order valence-electron chi connectivity index (χ1n) is 11.0. The van der Waals surface area contributed by atoms with E-state index >= 15 is 0 Å². The van der Waals surface area contributed by atoms with Crippen molar-refractivity contribution in [2.75, 3.05) is 39.4 Å². The van der Waals surface area contributed by atoms with Gasteiger partial charge in [-0.15, -0.1) is 0 Å². The van der Waals surface area contributed by atoms with Gasteiger partial charge >= 0.3 is 12.2 Å². The van der Waals surface area contributed by atoms with E-state index in [2.05, 4.69) is 15.6 Å². The van der Waals surface area contributed by atoms with Crippen molar-refractivity contribution in [3.63, 3.8) is 0 Å². The predicted octanol–water partition coefficient (Wildman–Crippen LogP) is 1.25. The van der Waals surface area contributed by atoms with Gasteiger partial charge in [-0.3, -0.25) is 9.69 Å². The number of aliphatic hydroxyl groups is 1. The Morgan fingerprint density at radius 3 is 2.12 bits per heavy atom. The molecule has 1 saturated heterocycles. The number of hydrazine groups is 1. The molecule has 1 aliphatic rings. The Kier molecular flexibility index (Phi) is 10.7. The molecule has 0 spiro atoms. The Morgan fingerprint density at radius 2 is 1.62 bits per heavy atom. The average Bonchev–Trinajstić information content (AvgIpc) is 2.65. The monoisotopic (exact) mass is 460 g/mol. The summed E-state index contributed by atoms with van der Waals surface area (Å²) in [5, 5.41) is 14.2. The fourth-order valence-corrected chi connectivity index (χ4v) is 2.96. The van der Waals surface area contributed by atoms with Crippen LogP contribution < -0.4 is 10.7 Å². The third-order valence-electron chi connectivity index (χ3n) is 4.41. The molecule has 0 bridgehead atoms. The van der Waals surface area contributed by atoms with E-state index in [1.54, 1.807) is 48.5 Å². The summed E-state index contributed by atoms with van der Waals surface area (Å²) in [7, 11) is 0. The predicted molar refractivity (Wildman–Crippen MR) is 118 cm³/mol. The molecule has 1 aliphatic heterocycles. The van der Waals surface area contributed by atoms with Crippen molar-refractivity contribution in [1.29, 1.82) is 0 Å². The summed E-state index contributed by atoms with van der Waals surface area (Å²) in [6, 6.07) is -1.07. The van der Waals surface area contributed by atoms with Crippen molar-refractivity contribution in [2.24, 2.45) is 0 Å². The molecule has 186 valence electrons. The second kappa shape index (κ2) is 12.2. The number of carbonyl (C=O) groups is 3. The summed E-state index contributed by atoms with van der Waals surface area (Å²) in [5.41, 5.74) is 0.669. The smallest absolute Gasteiger partial charge is 0.429 e. The van der Waals surface area contributed by atoms with E-state index in [1.807, 2.05) is 0 Å². The van der Waals surface area contributed by atoms with Crippen molar-refractivity contribution in [1.82, 2.24) is 20.7 Å². The van der Waals surface area contributed by atoms with Gasteiger partial charge in [0.15, 0.2) is 6.10 Å². The highest BCUT2D eigenvalue weighted by Gasteiger charge is 2.37. The van der Waals surface area contributed by atoms with E-state index in [1.165, 1.54) is 0 Å². The Bertz CT molecular complexity index is 625. The zero-order chi connectivity index (χ0) is 24.5. The van der Waals surface area contributed by atoms with Crippen LogP contribution in [0, 0.1) is 0 Å². The molecule has 32 heavy (non-hydrogen) atoms. The molecule has 0 saturated carbocycles. The first-order valence-corrected chi connectivity index (χ1v) is 11.0. The van der Waals surface area contributed by atoms with Crippen molar-refractivity contribution >= 4 is 18.1 Å². The average molecular weight is 461 g/mol. The molecule has 0 aromatic rings. The van der Waals surface area contributed by atoms with Crippen molar-refractivity contribution in [3.8, 4) is 0 Å². The minimum atomic E-state index is -1.59. The summed E-state index contributed by atoms with van der Waals surface area (Å²) in [6.07, 6.45) is -3.23. The van der Waals surface area contributed by atoms with Crippen LogP contribution in [0.2, 0.25) is 0 Å². The maximum atomic E-state index is 12.8. The summed E-state index contributed by atoms with van der Waals surface area (Å²) >= 11 is 0. The quantitative estimate of drug-likeness (QED) is 0.484. The fraction of sp³-hybridized carbons (Fsp3) is 0.857. The minimum Gasteiger partial charge on any atom is -0.443 e. The highest BCUT2D eigenvalue weighted by Crippen LogP contribution is 2.16. The van der Waals surface area contributed by atoms with Gasteiger partial charge in [0, 0.05) is 26.2 Å². The van der Waals surface area contributed by atoms with E-state index in [0.717, 1.165) is 18.1 Å².